The molecule has 1 aliphatic rings. The second-order valence-corrected chi connectivity index (χ2v) is 7.30. The van der Waals surface area contributed by atoms with Gasteiger partial charge in [-0.3, -0.25) is 14.7 Å². The van der Waals surface area contributed by atoms with Crippen LogP contribution in [-0.4, -0.2) is 72.5 Å². The predicted octanol–water partition coefficient (Wildman–Crippen LogP) is 2.88. The van der Waals surface area contributed by atoms with Crippen molar-refractivity contribution in [2.24, 2.45) is 0 Å². The number of hydrogen-bond acceptors (Lipinski definition) is 5. The minimum atomic E-state index is 0.116. The van der Waals surface area contributed by atoms with Gasteiger partial charge < -0.3 is 9.64 Å². The van der Waals surface area contributed by atoms with Gasteiger partial charge in [-0.15, -0.1) is 0 Å². The van der Waals surface area contributed by atoms with Crippen LogP contribution in [-0.2, 0) is 0 Å². The lowest BCUT2D eigenvalue weighted by molar-refractivity contribution is 0.0644. The maximum absolute atomic E-state index is 12.7. The first kappa shape index (κ1) is 18.7. The maximum atomic E-state index is 12.7. The predicted molar refractivity (Wildman–Crippen MR) is 107 cm³/mol. The van der Waals surface area contributed by atoms with Crippen LogP contribution < -0.4 is 4.74 Å². The Kier molecular flexibility index (Phi) is 6.52. The summed E-state index contributed by atoms with van der Waals surface area (Å²) < 4.78 is 5.22. The number of aromatic nitrogens is 1. The number of methoxy groups -OCH3 is 1. The molecule has 5 nitrogen and oxygen atoms in total. The molecule has 1 fully saturated rings. The van der Waals surface area contributed by atoms with E-state index in [0.717, 1.165) is 60.9 Å². The molecule has 0 bridgehead atoms. The van der Waals surface area contributed by atoms with Gasteiger partial charge in [-0.05, 0) is 30.0 Å². The van der Waals surface area contributed by atoms with Gasteiger partial charge in [0.25, 0.3) is 5.91 Å². The number of piperazine rings is 1. The molecule has 0 radical (unpaired) electrons. The van der Waals surface area contributed by atoms with Gasteiger partial charge in [0.15, 0.2) is 0 Å². The fraction of sp³-hybridized carbons (Fsp3) is 0.400. The molecule has 1 aromatic carbocycles. The molecular formula is C20H25N3O2S. The van der Waals surface area contributed by atoms with E-state index in [2.05, 4.69) is 16.1 Å². The lowest BCUT2D eigenvalue weighted by Gasteiger charge is -2.34. The van der Waals surface area contributed by atoms with E-state index in [0.29, 0.717) is 0 Å². The topological polar surface area (TPSA) is 45.7 Å². The van der Waals surface area contributed by atoms with Gasteiger partial charge >= 0.3 is 0 Å². The Morgan fingerprint density at radius 2 is 1.85 bits per heavy atom. The molecule has 1 aromatic heterocycles. The zero-order chi connectivity index (χ0) is 18.4. The van der Waals surface area contributed by atoms with Gasteiger partial charge in [-0.1, -0.05) is 12.1 Å². The highest BCUT2D eigenvalue weighted by atomic mass is 32.2. The number of ether oxygens (including phenoxy) is 1. The quantitative estimate of drug-likeness (QED) is 0.781. The molecule has 3 rings (SSSR count). The molecule has 26 heavy (non-hydrogen) atoms. The Hall–Kier alpha value is -2.05. The van der Waals surface area contributed by atoms with E-state index in [4.69, 9.17) is 4.74 Å². The number of nitrogens with zero attached hydrogens (tertiary/aromatic N) is 3. The first-order valence-corrected chi connectivity index (χ1v) is 10.2. The van der Waals surface area contributed by atoms with E-state index in [1.807, 2.05) is 47.0 Å². The second-order valence-electron chi connectivity index (χ2n) is 6.32. The lowest BCUT2D eigenvalue weighted by Crippen LogP contribution is -2.49. The molecule has 0 atom stereocenters. The van der Waals surface area contributed by atoms with Crippen LogP contribution in [0.3, 0.4) is 0 Å². The zero-order valence-corrected chi connectivity index (χ0v) is 16.2. The maximum Gasteiger partial charge on any atom is 0.253 e. The van der Waals surface area contributed by atoms with Crippen LogP contribution >= 0.6 is 11.8 Å². The Labute approximate surface area is 159 Å². The summed E-state index contributed by atoms with van der Waals surface area (Å²) in [5.41, 5.74) is 2.74. The van der Waals surface area contributed by atoms with Crippen molar-refractivity contribution in [3.05, 3.63) is 48.3 Å². The Bertz CT molecular complexity index is 728. The third-order valence-electron chi connectivity index (χ3n) is 4.69. The average Bonchev–Trinajstić information content (AvgIpc) is 2.72. The molecule has 0 spiro atoms. The summed E-state index contributed by atoms with van der Waals surface area (Å²) in [6, 6.07) is 9.68. The van der Waals surface area contributed by atoms with Crippen LogP contribution in [0.2, 0.25) is 0 Å². The second kappa shape index (κ2) is 9.05. The zero-order valence-electron chi connectivity index (χ0n) is 15.4. The average molecular weight is 372 g/mol. The van der Waals surface area contributed by atoms with Crippen molar-refractivity contribution in [2.45, 2.75) is 0 Å². The van der Waals surface area contributed by atoms with E-state index in [1.54, 1.807) is 19.5 Å². The highest BCUT2D eigenvalue weighted by Gasteiger charge is 2.21. The molecule has 6 heteroatoms. The van der Waals surface area contributed by atoms with Gasteiger partial charge in [0, 0.05) is 55.8 Å². The molecular weight excluding hydrogens is 346 g/mol. The highest BCUT2D eigenvalue weighted by molar-refractivity contribution is 7.98. The number of carbonyl (C=O) groups is 1. The highest BCUT2D eigenvalue weighted by Crippen LogP contribution is 2.23. The van der Waals surface area contributed by atoms with Gasteiger partial charge in [0.05, 0.1) is 13.3 Å². The normalized spacial score (nSPS) is 15.1. The first-order valence-electron chi connectivity index (χ1n) is 8.81. The lowest BCUT2D eigenvalue weighted by atomic mass is 10.0. The van der Waals surface area contributed by atoms with E-state index in [-0.39, 0.29) is 5.91 Å². The standard InChI is InChI=1S/C20H25N3O2S/c1-25-19-13-18(14-21-15-19)16-3-5-17(6-4-16)20(24)23-9-7-22(8-10-23)11-12-26-2/h3-6,13-15H,7-12H2,1-2H3. The number of thioether (sulfide) groups is 1. The number of pyridine rings is 1. The Morgan fingerprint density at radius 3 is 2.50 bits per heavy atom. The summed E-state index contributed by atoms with van der Waals surface area (Å²) in [4.78, 5) is 21.3. The van der Waals surface area contributed by atoms with Crippen LogP contribution in [0.25, 0.3) is 11.1 Å². The SMILES string of the molecule is COc1cncc(-c2ccc(C(=O)N3CCN(CCSC)CC3)cc2)c1. The molecule has 0 aliphatic carbocycles. The molecule has 0 saturated carbocycles. The number of hydrogen-bond donors (Lipinski definition) is 0. The fourth-order valence-corrected chi connectivity index (χ4v) is 3.51. The largest absolute Gasteiger partial charge is 0.495 e. The molecule has 138 valence electrons. The smallest absolute Gasteiger partial charge is 0.253 e. The molecule has 1 aliphatic heterocycles. The van der Waals surface area contributed by atoms with Gasteiger partial charge in [0.1, 0.15) is 5.75 Å². The number of rotatable bonds is 6. The Morgan fingerprint density at radius 1 is 1.12 bits per heavy atom. The summed E-state index contributed by atoms with van der Waals surface area (Å²) >= 11 is 1.87. The van der Waals surface area contributed by atoms with Crippen LogP contribution in [0.4, 0.5) is 0 Å². The Balaban J connectivity index is 1.62. The first-order chi connectivity index (χ1) is 12.7. The summed E-state index contributed by atoms with van der Waals surface area (Å²) in [6.45, 7) is 4.62. The minimum absolute atomic E-state index is 0.116. The van der Waals surface area contributed by atoms with Crippen molar-refractivity contribution < 1.29 is 9.53 Å². The van der Waals surface area contributed by atoms with E-state index < -0.39 is 0 Å². The molecule has 1 saturated heterocycles. The van der Waals surface area contributed by atoms with Crippen molar-refractivity contribution in [1.82, 2.24) is 14.8 Å². The summed E-state index contributed by atoms with van der Waals surface area (Å²) in [5, 5.41) is 0. The van der Waals surface area contributed by atoms with E-state index in [9.17, 15) is 4.79 Å². The molecule has 0 N–H and O–H groups in total. The molecule has 2 aromatic rings. The van der Waals surface area contributed by atoms with Crippen LogP contribution in [0.1, 0.15) is 10.4 Å². The van der Waals surface area contributed by atoms with Crippen LogP contribution in [0, 0.1) is 0 Å². The van der Waals surface area contributed by atoms with Crippen LogP contribution in [0.15, 0.2) is 42.7 Å². The van der Waals surface area contributed by atoms with E-state index >= 15 is 0 Å². The van der Waals surface area contributed by atoms with Crippen LogP contribution in [0.5, 0.6) is 5.75 Å². The summed E-state index contributed by atoms with van der Waals surface area (Å²) in [5.74, 6) is 1.99. The van der Waals surface area contributed by atoms with Crippen molar-refractivity contribution in [1.29, 1.82) is 0 Å². The summed E-state index contributed by atoms with van der Waals surface area (Å²) in [7, 11) is 1.63. The number of amides is 1. The number of carbonyl (C=O) groups excluding carboxylic acids is 1. The van der Waals surface area contributed by atoms with Crippen molar-refractivity contribution in [2.75, 3.05) is 51.8 Å². The van der Waals surface area contributed by atoms with Crippen molar-refractivity contribution >= 4 is 17.7 Å². The number of benzene rings is 1. The van der Waals surface area contributed by atoms with Gasteiger partial charge in [-0.2, -0.15) is 11.8 Å². The third kappa shape index (κ3) is 4.56. The van der Waals surface area contributed by atoms with E-state index in [1.165, 1.54) is 0 Å². The molecule has 1 amide bonds. The summed E-state index contributed by atoms with van der Waals surface area (Å²) in [6.07, 6.45) is 5.61. The van der Waals surface area contributed by atoms with Crippen molar-refractivity contribution in [3.63, 3.8) is 0 Å². The third-order valence-corrected chi connectivity index (χ3v) is 5.28. The van der Waals surface area contributed by atoms with Gasteiger partial charge in [0.2, 0.25) is 0 Å². The minimum Gasteiger partial charge on any atom is -0.495 e. The monoisotopic (exact) mass is 371 g/mol. The molecule has 2 heterocycles. The fourth-order valence-electron chi connectivity index (χ4n) is 3.07. The van der Waals surface area contributed by atoms with Crippen molar-refractivity contribution in [3.8, 4) is 16.9 Å². The van der Waals surface area contributed by atoms with Gasteiger partial charge in [-0.25, -0.2) is 0 Å². The molecule has 0 unspecified atom stereocenters.